The van der Waals surface area contributed by atoms with Gasteiger partial charge in [-0.05, 0) is 66.8 Å². The van der Waals surface area contributed by atoms with Crippen molar-refractivity contribution in [2.24, 2.45) is 0 Å². The molecule has 1 unspecified atom stereocenters. The minimum absolute atomic E-state index is 0.235. The predicted octanol–water partition coefficient (Wildman–Crippen LogP) is 4.72. The van der Waals surface area contributed by atoms with E-state index in [0.717, 1.165) is 24.8 Å². The van der Waals surface area contributed by atoms with Crippen molar-refractivity contribution in [1.29, 1.82) is 0 Å². The van der Waals surface area contributed by atoms with Crippen LogP contribution in [0.25, 0.3) is 0 Å². The minimum Gasteiger partial charge on any atom is -0.223 e. The van der Waals surface area contributed by atoms with Gasteiger partial charge in [-0.3, -0.25) is 0 Å². The van der Waals surface area contributed by atoms with E-state index in [1.807, 2.05) is 0 Å². The van der Waals surface area contributed by atoms with E-state index < -0.39 is 20.9 Å². The van der Waals surface area contributed by atoms with Gasteiger partial charge in [0.2, 0.25) is 0 Å². The average molecular weight is 339 g/mol. The Morgan fingerprint density at radius 1 is 1.05 bits per heavy atom. The van der Waals surface area contributed by atoms with Crippen molar-refractivity contribution >= 4 is 21.4 Å². The van der Waals surface area contributed by atoms with E-state index in [1.54, 1.807) is 18.2 Å². The zero-order valence-corrected chi connectivity index (χ0v) is 13.5. The number of benzene rings is 2. The molecule has 3 rings (SSSR count). The lowest BCUT2D eigenvalue weighted by Gasteiger charge is -2.18. The van der Waals surface area contributed by atoms with Gasteiger partial charge in [0, 0.05) is 5.02 Å². The topological polar surface area (TPSA) is 34.1 Å². The summed E-state index contributed by atoms with van der Waals surface area (Å²) in [5.74, 6) is -0.392. The van der Waals surface area contributed by atoms with Crippen LogP contribution in [0.3, 0.4) is 0 Å². The van der Waals surface area contributed by atoms with E-state index in [9.17, 15) is 12.8 Å². The minimum atomic E-state index is -3.56. The van der Waals surface area contributed by atoms with E-state index in [2.05, 4.69) is 0 Å². The Labute approximate surface area is 134 Å². The first-order chi connectivity index (χ1) is 10.5. The fourth-order valence-corrected chi connectivity index (χ4v) is 5.01. The highest BCUT2D eigenvalue weighted by Crippen LogP contribution is 2.38. The monoisotopic (exact) mass is 338 g/mol. The van der Waals surface area contributed by atoms with Crippen molar-refractivity contribution in [2.45, 2.75) is 35.8 Å². The number of hydrogen-bond acceptors (Lipinski definition) is 2. The van der Waals surface area contributed by atoms with Crippen LogP contribution >= 0.6 is 11.6 Å². The zero-order valence-electron chi connectivity index (χ0n) is 11.9. The van der Waals surface area contributed by atoms with Gasteiger partial charge in [0.05, 0.1) is 10.1 Å². The van der Waals surface area contributed by atoms with E-state index in [-0.39, 0.29) is 4.90 Å². The number of aryl methyl sites for hydroxylation is 1. The summed E-state index contributed by atoms with van der Waals surface area (Å²) in [5, 5.41) is -0.201. The largest absolute Gasteiger partial charge is 0.223 e. The Bertz CT molecular complexity index is 785. The Hall–Kier alpha value is -1.39. The standard InChI is InChI=1S/C17H16ClFO2S/c18-13-6-9-15(10-7-13)22(20,21)17-4-2-1-3-12-5-8-14(19)11-16(12)17/h5-11,17H,1-4H2. The molecule has 116 valence electrons. The van der Waals surface area contributed by atoms with Crippen LogP contribution in [0.15, 0.2) is 47.4 Å². The molecule has 1 aliphatic rings. The second-order valence-corrected chi connectivity index (χ2v) is 8.14. The second kappa shape index (κ2) is 6.01. The molecule has 2 nitrogen and oxygen atoms in total. The summed E-state index contributed by atoms with van der Waals surface area (Å²) in [6, 6.07) is 10.6. The smallest absolute Gasteiger partial charge is 0.185 e. The average Bonchev–Trinajstić information content (AvgIpc) is 2.70. The molecule has 0 bridgehead atoms. The van der Waals surface area contributed by atoms with E-state index >= 15 is 0 Å². The molecule has 22 heavy (non-hydrogen) atoms. The third kappa shape index (κ3) is 2.90. The number of sulfone groups is 1. The second-order valence-electron chi connectivity index (χ2n) is 5.58. The van der Waals surface area contributed by atoms with Crippen LogP contribution in [0, 0.1) is 5.82 Å². The van der Waals surface area contributed by atoms with Crippen LogP contribution in [-0.4, -0.2) is 8.42 Å². The van der Waals surface area contributed by atoms with Gasteiger partial charge in [0.1, 0.15) is 5.82 Å². The van der Waals surface area contributed by atoms with E-state index in [1.165, 1.54) is 24.3 Å². The van der Waals surface area contributed by atoms with Crippen molar-refractivity contribution < 1.29 is 12.8 Å². The maximum absolute atomic E-state index is 13.6. The molecule has 1 aliphatic carbocycles. The molecular formula is C17H16ClFO2S. The highest BCUT2D eigenvalue weighted by Gasteiger charge is 2.32. The van der Waals surface area contributed by atoms with Gasteiger partial charge in [0.15, 0.2) is 9.84 Å². The first kappa shape index (κ1) is 15.5. The van der Waals surface area contributed by atoms with Crippen molar-refractivity contribution in [3.63, 3.8) is 0 Å². The Morgan fingerprint density at radius 2 is 1.77 bits per heavy atom. The van der Waals surface area contributed by atoms with Crippen LogP contribution in [0.1, 0.15) is 35.6 Å². The van der Waals surface area contributed by atoms with Gasteiger partial charge in [-0.2, -0.15) is 0 Å². The summed E-state index contributed by atoms with van der Waals surface area (Å²) in [7, 11) is -3.56. The van der Waals surface area contributed by atoms with E-state index in [0.29, 0.717) is 17.0 Å². The molecule has 0 N–H and O–H groups in total. The Morgan fingerprint density at radius 3 is 2.50 bits per heavy atom. The van der Waals surface area contributed by atoms with Gasteiger partial charge < -0.3 is 0 Å². The number of hydrogen-bond donors (Lipinski definition) is 0. The molecule has 0 amide bonds. The summed E-state index contributed by atoms with van der Waals surface area (Å²) in [6.45, 7) is 0. The van der Waals surface area contributed by atoms with Crippen molar-refractivity contribution in [3.05, 3.63) is 64.4 Å². The fourth-order valence-electron chi connectivity index (χ4n) is 3.00. The molecule has 1 atom stereocenters. The lowest BCUT2D eigenvalue weighted by Crippen LogP contribution is -2.14. The number of rotatable bonds is 2. The molecule has 2 aromatic carbocycles. The lowest BCUT2D eigenvalue weighted by molar-refractivity contribution is 0.570. The molecule has 5 heteroatoms. The van der Waals surface area contributed by atoms with Crippen molar-refractivity contribution in [2.75, 3.05) is 0 Å². The van der Waals surface area contributed by atoms with Gasteiger partial charge in [-0.25, -0.2) is 12.8 Å². The SMILES string of the molecule is O=S(=O)(c1ccc(Cl)cc1)C1CCCCc2ccc(F)cc21. The summed E-state index contributed by atoms with van der Waals surface area (Å²) < 4.78 is 39.6. The molecule has 0 radical (unpaired) electrons. The van der Waals surface area contributed by atoms with Crippen LogP contribution in [-0.2, 0) is 16.3 Å². The van der Waals surface area contributed by atoms with Gasteiger partial charge in [-0.15, -0.1) is 0 Å². The van der Waals surface area contributed by atoms with Crippen molar-refractivity contribution in [1.82, 2.24) is 0 Å². The highest BCUT2D eigenvalue weighted by atomic mass is 35.5. The van der Waals surface area contributed by atoms with Gasteiger partial charge in [-0.1, -0.05) is 24.1 Å². The van der Waals surface area contributed by atoms with Crippen LogP contribution in [0.2, 0.25) is 5.02 Å². The molecule has 0 saturated carbocycles. The first-order valence-corrected chi connectivity index (χ1v) is 9.19. The quantitative estimate of drug-likeness (QED) is 0.742. The summed E-state index contributed by atoms with van der Waals surface area (Å²) in [5.41, 5.74) is 1.54. The van der Waals surface area contributed by atoms with Gasteiger partial charge >= 0.3 is 0 Å². The Balaban J connectivity index is 2.11. The first-order valence-electron chi connectivity index (χ1n) is 7.26. The number of halogens is 2. The fraction of sp³-hybridized carbons (Fsp3) is 0.294. The molecular weight excluding hydrogens is 323 g/mol. The molecule has 0 aliphatic heterocycles. The van der Waals surface area contributed by atoms with Crippen LogP contribution in [0.5, 0.6) is 0 Å². The highest BCUT2D eigenvalue weighted by molar-refractivity contribution is 7.91. The van der Waals surface area contributed by atoms with Crippen LogP contribution < -0.4 is 0 Å². The predicted molar refractivity (Wildman–Crippen MR) is 85.3 cm³/mol. The molecule has 2 aromatic rings. The maximum Gasteiger partial charge on any atom is 0.185 e. The molecule has 0 heterocycles. The van der Waals surface area contributed by atoms with Crippen molar-refractivity contribution in [3.8, 4) is 0 Å². The number of fused-ring (bicyclic) bond motifs is 1. The summed E-state index contributed by atoms with van der Waals surface area (Å²) in [4.78, 5) is 0.235. The van der Waals surface area contributed by atoms with Crippen LogP contribution in [0.4, 0.5) is 4.39 Å². The maximum atomic E-state index is 13.6. The van der Waals surface area contributed by atoms with E-state index in [4.69, 9.17) is 11.6 Å². The Kier molecular flexibility index (Phi) is 4.24. The normalized spacial score (nSPS) is 18.5. The third-order valence-corrected chi connectivity index (χ3v) is 6.55. The van der Waals surface area contributed by atoms with Gasteiger partial charge in [0.25, 0.3) is 0 Å². The summed E-state index contributed by atoms with van der Waals surface area (Å²) >= 11 is 5.83. The molecule has 0 saturated heterocycles. The molecule has 0 aromatic heterocycles. The summed E-state index contributed by atoms with van der Waals surface area (Å²) in [6.07, 6.45) is 3.04. The molecule has 0 fully saturated rings. The third-order valence-electron chi connectivity index (χ3n) is 4.13. The molecule has 0 spiro atoms. The zero-order chi connectivity index (χ0) is 15.7. The lowest BCUT2D eigenvalue weighted by atomic mass is 10.0.